The highest BCUT2D eigenvalue weighted by molar-refractivity contribution is 5.80. The molecule has 0 atom stereocenters. The van der Waals surface area contributed by atoms with E-state index >= 15 is 0 Å². The van der Waals surface area contributed by atoms with E-state index in [4.69, 9.17) is 0 Å². The van der Waals surface area contributed by atoms with Crippen molar-refractivity contribution in [3.63, 3.8) is 0 Å². The first-order valence-electron chi connectivity index (χ1n) is 6.44. The highest BCUT2D eigenvalue weighted by Crippen LogP contribution is 2.30. The number of aryl methyl sites for hydroxylation is 2. The molecule has 3 aromatic rings. The Bertz CT molecular complexity index is 1070. The van der Waals surface area contributed by atoms with Crippen LogP contribution in [0.2, 0.25) is 0 Å². The summed E-state index contributed by atoms with van der Waals surface area (Å²) in [7, 11) is 0. The summed E-state index contributed by atoms with van der Waals surface area (Å²) in [6.45, 7) is 0.737. The lowest BCUT2D eigenvalue weighted by molar-refractivity contribution is -0.637. The molecular weight excluding hydrogens is 302 g/mol. The minimum absolute atomic E-state index is 0.0380. The second-order valence-electron chi connectivity index (χ2n) is 5.05. The number of hydrogen-bond acceptors (Lipinski definition) is 3. The molecule has 0 fully saturated rings. The van der Waals surface area contributed by atoms with Gasteiger partial charge in [-0.05, 0) is 18.2 Å². The molecule has 1 aliphatic rings. The van der Waals surface area contributed by atoms with Gasteiger partial charge in [-0.15, -0.1) is 0 Å². The molecule has 0 saturated heterocycles. The molecule has 1 aliphatic heterocycles. The van der Waals surface area contributed by atoms with Crippen LogP contribution in [-0.4, -0.2) is 14.5 Å². The van der Waals surface area contributed by atoms with Crippen LogP contribution in [0.5, 0.6) is 0 Å². The second-order valence-corrected chi connectivity index (χ2v) is 5.05. The van der Waals surface area contributed by atoms with Crippen LogP contribution in [0.1, 0.15) is 5.56 Å². The summed E-state index contributed by atoms with van der Waals surface area (Å²) in [6.07, 6.45) is -4.49. The van der Waals surface area contributed by atoms with Crippen molar-refractivity contribution >= 4 is 22.2 Å². The molecule has 1 aromatic carbocycles. The standard InChI is InChI=1S/C13H7F3N4O2/c14-13(15,16)6-1-2-8-7(5-6)17-9-10(21)18-12(22)20-4-3-19(8)11(9)20/h1-2,5H,3-4H2/p+1/i9+1. The van der Waals surface area contributed by atoms with E-state index in [1.165, 1.54) is 10.6 Å². The van der Waals surface area contributed by atoms with Crippen molar-refractivity contribution in [1.82, 2.24) is 14.5 Å². The van der Waals surface area contributed by atoms with Gasteiger partial charge in [-0.25, -0.2) is 14.3 Å². The van der Waals surface area contributed by atoms with Crippen LogP contribution in [0.4, 0.5) is 13.2 Å². The summed E-state index contributed by atoms with van der Waals surface area (Å²) < 4.78 is 41.4. The number of aromatic nitrogens is 4. The molecule has 0 saturated carbocycles. The number of H-pyrrole nitrogens is 1. The second kappa shape index (κ2) is 3.93. The van der Waals surface area contributed by atoms with E-state index in [1.807, 2.05) is 0 Å². The first-order valence-corrected chi connectivity index (χ1v) is 6.44. The Labute approximate surface area is 119 Å². The minimum Gasteiger partial charge on any atom is -0.267 e. The number of halogens is 3. The molecule has 6 nitrogen and oxygen atoms in total. The van der Waals surface area contributed by atoms with E-state index in [2.05, 4.69) is 9.97 Å². The average molecular weight is 310 g/mol. The van der Waals surface area contributed by atoms with Crippen LogP contribution in [0, 0.1) is 0 Å². The zero-order valence-electron chi connectivity index (χ0n) is 10.9. The van der Waals surface area contributed by atoms with E-state index in [1.54, 1.807) is 4.57 Å². The number of nitrogens with one attached hydrogen (secondary N) is 1. The Balaban J connectivity index is 2.19. The van der Waals surface area contributed by atoms with Crippen molar-refractivity contribution in [3.05, 3.63) is 44.6 Å². The SMILES string of the molecule is O=c1[nH]c(=O)n2c3[13c]1nc1cc(C(F)(F)F)ccc1[n+]3CC2. The molecule has 0 bridgehead atoms. The molecule has 0 radical (unpaired) electrons. The first-order chi connectivity index (χ1) is 10.4. The summed E-state index contributed by atoms with van der Waals surface area (Å²) in [4.78, 5) is 29.8. The Morgan fingerprint density at radius 2 is 2.05 bits per heavy atom. The van der Waals surface area contributed by atoms with E-state index in [9.17, 15) is 22.8 Å². The number of alkyl halides is 3. The largest absolute Gasteiger partial charge is 0.416 e. The van der Waals surface area contributed by atoms with E-state index in [0.29, 0.717) is 24.3 Å². The van der Waals surface area contributed by atoms with Crippen LogP contribution < -0.4 is 15.8 Å². The summed E-state index contributed by atoms with van der Waals surface area (Å²) in [6, 6.07) is 3.19. The third-order valence-electron chi connectivity index (χ3n) is 3.78. The zero-order chi connectivity index (χ0) is 15.6. The molecule has 112 valence electrons. The Kier molecular flexibility index (Phi) is 2.32. The van der Waals surface area contributed by atoms with Gasteiger partial charge in [-0.2, -0.15) is 17.7 Å². The van der Waals surface area contributed by atoms with Crippen LogP contribution in [0.15, 0.2) is 27.8 Å². The Morgan fingerprint density at radius 3 is 2.77 bits per heavy atom. The van der Waals surface area contributed by atoms with E-state index < -0.39 is 23.0 Å². The van der Waals surface area contributed by atoms with Crippen LogP contribution in [0.25, 0.3) is 22.2 Å². The number of hydrogen-bond donors (Lipinski definition) is 1. The number of nitrogens with zero attached hydrogens (tertiary/aromatic N) is 3. The van der Waals surface area contributed by atoms with Gasteiger partial charge >= 0.3 is 17.5 Å². The van der Waals surface area contributed by atoms with Gasteiger partial charge in [0.25, 0.3) is 5.56 Å². The quantitative estimate of drug-likeness (QED) is 0.487. The van der Waals surface area contributed by atoms with Gasteiger partial charge in [-0.3, -0.25) is 9.78 Å². The molecule has 2 aromatic heterocycles. The van der Waals surface area contributed by atoms with Gasteiger partial charge in [0.2, 0.25) is 5.52 Å². The van der Waals surface area contributed by atoms with Gasteiger partial charge in [0.1, 0.15) is 18.6 Å². The van der Waals surface area contributed by atoms with Crippen molar-refractivity contribution in [2.75, 3.05) is 0 Å². The first kappa shape index (κ1) is 13.0. The summed E-state index contributed by atoms with van der Waals surface area (Å²) >= 11 is 0. The van der Waals surface area contributed by atoms with Crippen LogP contribution in [-0.2, 0) is 19.3 Å². The fraction of sp³-hybridized carbons (Fsp3) is 0.231. The van der Waals surface area contributed by atoms with Crippen molar-refractivity contribution in [2.24, 2.45) is 0 Å². The topological polar surface area (TPSA) is 71.6 Å². The molecule has 0 unspecified atom stereocenters. The lowest BCUT2D eigenvalue weighted by Gasteiger charge is -2.07. The van der Waals surface area contributed by atoms with Gasteiger partial charge in [0.05, 0.1) is 5.56 Å². The molecule has 0 amide bonds. The number of fused-ring (bicyclic) bond motifs is 2. The highest BCUT2D eigenvalue weighted by Gasteiger charge is 2.33. The van der Waals surface area contributed by atoms with E-state index in [0.717, 1.165) is 12.1 Å². The lowest BCUT2D eigenvalue weighted by atomic mass is 10.2. The van der Waals surface area contributed by atoms with Gasteiger partial charge in [0.15, 0.2) is 5.52 Å². The predicted octanol–water partition coefficient (Wildman–Crippen LogP) is 0.558. The Hall–Kier alpha value is -2.71. The molecular formula is C13H8F3N4O2+. The molecule has 1 N–H and O–H groups in total. The van der Waals surface area contributed by atoms with Crippen LogP contribution >= 0.6 is 0 Å². The highest BCUT2D eigenvalue weighted by atomic mass is 19.4. The maximum Gasteiger partial charge on any atom is 0.416 e. The van der Waals surface area contributed by atoms with Crippen molar-refractivity contribution in [3.8, 4) is 0 Å². The molecule has 0 aliphatic carbocycles. The summed E-state index contributed by atoms with van der Waals surface area (Å²) in [5, 5.41) is 0. The average Bonchev–Trinajstić information content (AvgIpc) is 2.89. The maximum absolute atomic E-state index is 12.8. The minimum atomic E-state index is -4.49. The molecule has 4 rings (SSSR count). The van der Waals surface area contributed by atoms with Crippen LogP contribution in [0.3, 0.4) is 0 Å². The predicted molar refractivity (Wildman–Crippen MR) is 69.3 cm³/mol. The van der Waals surface area contributed by atoms with Gasteiger partial charge < -0.3 is 0 Å². The third kappa shape index (κ3) is 1.62. The van der Waals surface area contributed by atoms with E-state index in [-0.39, 0.29) is 11.0 Å². The lowest BCUT2D eigenvalue weighted by Crippen LogP contribution is -2.36. The van der Waals surface area contributed by atoms with Gasteiger partial charge in [0, 0.05) is 0 Å². The fourth-order valence-corrected chi connectivity index (χ4v) is 2.81. The fourth-order valence-electron chi connectivity index (χ4n) is 2.81. The van der Waals surface area contributed by atoms with Crippen molar-refractivity contribution < 1.29 is 17.7 Å². The molecule has 9 heteroatoms. The monoisotopic (exact) mass is 310 g/mol. The maximum atomic E-state index is 12.8. The summed E-state index contributed by atoms with van der Waals surface area (Å²) in [5.74, 6) is 0. The number of rotatable bonds is 0. The zero-order valence-corrected chi connectivity index (χ0v) is 10.9. The number of benzene rings is 1. The van der Waals surface area contributed by atoms with Crippen molar-refractivity contribution in [1.29, 1.82) is 0 Å². The third-order valence-corrected chi connectivity index (χ3v) is 3.78. The number of aromatic amines is 1. The molecule has 3 heterocycles. The summed E-state index contributed by atoms with van der Waals surface area (Å²) in [5.41, 5.74) is -1.26. The molecule has 0 spiro atoms. The smallest absolute Gasteiger partial charge is 0.267 e. The Morgan fingerprint density at radius 1 is 1.27 bits per heavy atom. The normalized spacial score (nSPS) is 14.1. The molecule has 22 heavy (non-hydrogen) atoms. The van der Waals surface area contributed by atoms with Gasteiger partial charge in [-0.1, -0.05) is 0 Å². The van der Waals surface area contributed by atoms with Crippen molar-refractivity contribution in [2.45, 2.75) is 19.3 Å².